The highest BCUT2D eigenvalue weighted by molar-refractivity contribution is 5.51. The molecule has 0 aromatic heterocycles. The molecular weight excluding hydrogens is 232 g/mol. The second kappa shape index (κ2) is 5.54. The predicted molar refractivity (Wildman–Crippen MR) is 81.0 cm³/mol. The molecule has 2 aliphatic rings. The lowest BCUT2D eigenvalue weighted by Crippen LogP contribution is -2.36. The van der Waals surface area contributed by atoms with Crippen LogP contribution in [-0.2, 0) is 13.0 Å². The summed E-state index contributed by atoms with van der Waals surface area (Å²) in [5.41, 5.74) is 9.97. The Morgan fingerprint density at radius 1 is 1.32 bits per heavy atom. The minimum absolute atomic E-state index is 0.912. The van der Waals surface area contributed by atoms with Crippen molar-refractivity contribution in [3.8, 4) is 0 Å². The molecule has 2 atom stereocenters. The van der Waals surface area contributed by atoms with Crippen molar-refractivity contribution in [2.75, 3.05) is 18.8 Å². The zero-order valence-corrected chi connectivity index (χ0v) is 12.1. The van der Waals surface area contributed by atoms with Crippen molar-refractivity contribution in [3.63, 3.8) is 0 Å². The molecule has 19 heavy (non-hydrogen) atoms. The lowest BCUT2D eigenvalue weighted by atomic mass is 9.82. The number of nitrogens with two attached hydrogens (primary N) is 1. The van der Waals surface area contributed by atoms with Gasteiger partial charge in [-0.05, 0) is 48.3 Å². The maximum atomic E-state index is 6.13. The van der Waals surface area contributed by atoms with Gasteiger partial charge in [0, 0.05) is 25.3 Å². The predicted octanol–water partition coefficient (Wildman–Crippen LogP) is 3.45. The monoisotopic (exact) mass is 258 g/mol. The molecule has 1 aliphatic heterocycles. The van der Waals surface area contributed by atoms with Gasteiger partial charge in [0.15, 0.2) is 0 Å². The highest BCUT2D eigenvalue weighted by atomic mass is 15.1. The molecule has 1 aromatic rings. The first-order chi connectivity index (χ1) is 9.22. The molecule has 1 aliphatic carbocycles. The van der Waals surface area contributed by atoms with E-state index in [2.05, 4.69) is 24.0 Å². The van der Waals surface area contributed by atoms with E-state index in [0.29, 0.717) is 0 Å². The van der Waals surface area contributed by atoms with E-state index in [-0.39, 0.29) is 0 Å². The minimum atomic E-state index is 0.912. The number of hydrogen-bond acceptors (Lipinski definition) is 2. The summed E-state index contributed by atoms with van der Waals surface area (Å²) in [6.07, 6.45) is 6.89. The van der Waals surface area contributed by atoms with Gasteiger partial charge in [-0.3, -0.25) is 4.90 Å². The van der Waals surface area contributed by atoms with Gasteiger partial charge in [0.2, 0.25) is 0 Å². The Labute approximate surface area is 117 Å². The first-order valence-electron chi connectivity index (χ1n) is 7.81. The molecular formula is C17H26N2. The Balaban J connectivity index is 1.64. The third kappa shape index (κ3) is 2.94. The second-order valence-electron chi connectivity index (χ2n) is 6.61. The zero-order valence-electron chi connectivity index (χ0n) is 12.1. The maximum Gasteiger partial charge on any atom is 0.0362 e. The van der Waals surface area contributed by atoms with Crippen LogP contribution in [0.4, 0.5) is 5.69 Å². The van der Waals surface area contributed by atoms with E-state index >= 15 is 0 Å². The first-order valence-corrected chi connectivity index (χ1v) is 7.81. The lowest BCUT2D eigenvalue weighted by molar-refractivity contribution is 0.168. The summed E-state index contributed by atoms with van der Waals surface area (Å²) < 4.78 is 0. The van der Waals surface area contributed by atoms with Crippen LogP contribution >= 0.6 is 0 Å². The van der Waals surface area contributed by atoms with E-state index in [1.165, 1.54) is 56.3 Å². The largest absolute Gasteiger partial charge is 0.398 e. The highest BCUT2D eigenvalue weighted by Gasteiger charge is 2.24. The highest BCUT2D eigenvalue weighted by Crippen LogP contribution is 2.31. The topological polar surface area (TPSA) is 29.3 Å². The molecule has 104 valence electrons. The maximum absolute atomic E-state index is 6.13. The Kier molecular flexibility index (Phi) is 3.79. The SMILES string of the molecule is CC1CCCC(CN2CCc3cccc(N)c3C2)C1. The average molecular weight is 258 g/mol. The van der Waals surface area contributed by atoms with Crippen LogP contribution in [0.1, 0.15) is 43.7 Å². The number of rotatable bonds is 2. The summed E-state index contributed by atoms with van der Waals surface area (Å²) in [6.45, 7) is 5.96. The molecule has 1 heterocycles. The van der Waals surface area contributed by atoms with Crippen molar-refractivity contribution >= 4 is 5.69 Å². The average Bonchev–Trinajstić information content (AvgIpc) is 2.40. The van der Waals surface area contributed by atoms with E-state index in [1.807, 2.05) is 6.07 Å². The van der Waals surface area contributed by atoms with E-state index in [9.17, 15) is 0 Å². The molecule has 0 amide bonds. The Morgan fingerprint density at radius 3 is 3.05 bits per heavy atom. The van der Waals surface area contributed by atoms with Crippen molar-refractivity contribution in [1.29, 1.82) is 0 Å². The molecule has 0 radical (unpaired) electrons. The van der Waals surface area contributed by atoms with Gasteiger partial charge in [0.1, 0.15) is 0 Å². The molecule has 2 N–H and O–H groups in total. The summed E-state index contributed by atoms with van der Waals surface area (Å²) >= 11 is 0. The number of fused-ring (bicyclic) bond motifs is 1. The zero-order chi connectivity index (χ0) is 13.2. The van der Waals surface area contributed by atoms with Crippen LogP contribution in [0, 0.1) is 11.8 Å². The van der Waals surface area contributed by atoms with E-state index in [4.69, 9.17) is 5.73 Å². The molecule has 2 nitrogen and oxygen atoms in total. The summed E-state index contributed by atoms with van der Waals surface area (Å²) in [5.74, 6) is 1.84. The lowest BCUT2D eigenvalue weighted by Gasteiger charge is -2.35. The number of hydrogen-bond donors (Lipinski definition) is 1. The van der Waals surface area contributed by atoms with Crippen LogP contribution in [-0.4, -0.2) is 18.0 Å². The summed E-state index contributed by atoms with van der Waals surface area (Å²) in [6, 6.07) is 6.38. The van der Waals surface area contributed by atoms with Crippen molar-refractivity contribution in [3.05, 3.63) is 29.3 Å². The Bertz CT molecular complexity index is 441. The Morgan fingerprint density at radius 2 is 2.21 bits per heavy atom. The van der Waals surface area contributed by atoms with Gasteiger partial charge >= 0.3 is 0 Å². The second-order valence-corrected chi connectivity index (χ2v) is 6.61. The van der Waals surface area contributed by atoms with E-state index in [1.54, 1.807) is 0 Å². The number of nitrogen functional groups attached to an aromatic ring is 1. The van der Waals surface area contributed by atoms with Gasteiger partial charge in [-0.1, -0.05) is 31.9 Å². The van der Waals surface area contributed by atoms with E-state index < -0.39 is 0 Å². The number of anilines is 1. The fourth-order valence-electron chi connectivity index (χ4n) is 3.91. The molecule has 1 aromatic carbocycles. The smallest absolute Gasteiger partial charge is 0.0362 e. The summed E-state index contributed by atoms with van der Waals surface area (Å²) in [4.78, 5) is 2.63. The molecule has 2 unspecified atom stereocenters. The molecule has 2 heteroatoms. The van der Waals surface area contributed by atoms with Crippen molar-refractivity contribution in [2.24, 2.45) is 11.8 Å². The van der Waals surface area contributed by atoms with Crippen molar-refractivity contribution in [1.82, 2.24) is 4.90 Å². The first kappa shape index (κ1) is 13.0. The fourth-order valence-corrected chi connectivity index (χ4v) is 3.91. The van der Waals surface area contributed by atoms with Gasteiger partial charge in [-0.15, -0.1) is 0 Å². The molecule has 0 bridgehead atoms. The fraction of sp³-hybridized carbons (Fsp3) is 0.647. The van der Waals surface area contributed by atoms with Crippen LogP contribution in [0.5, 0.6) is 0 Å². The van der Waals surface area contributed by atoms with Gasteiger partial charge in [0.25, 0.3) is 0 Å². The van der Waals surface area contributed by atoms with Crippen molar-refractivity contribution < 1.29 is 0 Å². The van der Waals surface area contributed by atoms with Crippen LogP contribution < -0.4 is 5.73 Å². The van der Waals surface area contributed by atoms with E-state index in [0.717, 1.165) is 24.1 Å². The van der Waals surface area contributed by atoms with Gasteiger partial charge in [-0.2, -0.15) is 0 Å². The van der Waals surface area contributed by atoms with Gasteiger partial charge in [0.05, 0.1) is 0 Å². The summed E-state index contributed by atoms with van der Waals surface area (Å²) in [5, 5.41) is 0. The molecule has 1 fully saturated rings. The quantitative estimate of drug-likeness (QED) is 0.823. The van der Waals surface area contributed by atoms with Gasteiger partial charge < -0.3 is 5.73 Å². The Hall–Kier alpha value is -1.02. The normalized spacial score (nSPS) is 28.1. The molecule has 0 spiro atoms. The minimum Gasteiger partial charge on any atom is -0.398 e. The summed E-state index contributed by atoms with van der Waals surface area (Å²) in [7, 11) is 0. The molecule has 1 saturated carbocycles. The van der Waals surface area contributed by atoms with Crippen LogP contribution in [0.15, 0.2) is 18.2 Å². The van der Waals surface area contributed by atoms with Crippen LogP contribution in [0.2, 0.25) is 0 Å². The third-order valence-electron chi connectivity index (χ3n) is 4.95. The third-order valence-corrected chi connectivity index (χ3v) is 4.95. The molecule has 3 rings (SSSR count). The van der Waals surface area contributed by atoms with Crippen LogP contribution in [0.3, 0.4) is 0 Å². The van der Waals surface area contributed by atoms with Crippen LogP contribution in [0.25, 0.3) is 0 Å². The van der Waals surface area contributed by atoms with Gasteiger partial charge in [-0.25, -0.2) is 0 Å². The molecule has 0 saturated heterocycles. The number of nitrogens with zero attached hydrogens (tertiary/aromatic N) is 1. The van der Waals surface area contributed by atoms with Crippen molar-refractivity contribution in [2.45, 2.75) is 45.6 Å². The number of benzene rings is 1. The standard InChI is InChI=1S/C17H26N2/c1-13-4-2-5-14(10-13)11-19-9-8-15-6-3-7-17(18)16(15)12-19/h3,6-7,13-14H,2,4-5,8-12,18H2,1H3.